The van der Waals surface area contributed by atoms with Gasteiger partial charge in [0.15, 0.2) is 0 Å². The van der Waals surface area contributed by atoms with Crippen LogP contribution in [0.15, 0.2) is 54.6 Å². The Labute approximate surface area is 119 Å². The first-order chi connectivity index (χ1) is 9.76. The van der Waals surface area contributed by atoms with Gasteiger partial charge in [0.1, 0.15) is 0 Å². The van der Waals surface area contributed by atoms with E-state index in [0.717, 1.165) is 24.0 Å². The molecule has 20 heavy (non-hydrogen) atoms. The number of amides is 1. The maximum atomic E-state index is 12.0. The van der Waals surface area contributed by atoms with Crippen LogP contribution in [-0.4, -0.2) is 11.1 Å². The lowest BCUT2D eigenvalue weighted by molar-refractivity contribution is -0.129. The molecule has 2 rings (SSSR count). The Kier molecular flexibility index (Phi) is 4.91. The van der Waals surface area contributed by atoms with E-state index in [2.05, 4.69) is 13.0 Å². The van der Waals surface area contributed by atoms with Gasteiger partial charge in [0, 0.05) is 0 Å². The van der Waals surface area contributed by atoms with Crippen molar-refractivity contribution < 1.29 is 10.0 Å². The van der Waals surface area contributed by atoms with E-state index in [0.29, 0.717) is 0 Å². The summed E-state index contributed by atoms with van der Waals surface area (Å²) in [5.74, 6) is -0.900. The van der Waals surface area contributed by atoms with Crippen LogP contribution in [0.25, 0.3) is 0 Å². The molecule has 104 valence electrons. The second kappa shape index (κ2) is 6.87. The third-order valence-corrected chi connectivity index (χ3v) is 3.33. The second-order valence-electron chi connectivity index (χ2n) is 4.81. The highest BCUT2D eigenvalue weighted by Crippen LogP contribution is 2.25. The van der Waals surface area contributed by atoms with Gasteiger partial charge in [-0.15, -0.1) is 0 Å². The molecule has 0 aliphatic rings. The first-order valence-corrected chi connectivity index (χ1v) is 6.84. The Bertz CT molecular complexity index is 566. The summed E-state index contributed by atoms with van der Waals surface area (Å²) in [4.78, 5) is 12.0. The normalized spacial score (nSPS) is 11.9. The van der Waals surface area contributed by atoms with Crippen molar-refractivity contribution in [2.75, 3.05) is 0 Å². The molecule has 1 unspecified atom stereocenters. The summed E-state index contributed by atoms with van der Waals surface area (Å²) in [6.45, 7) is 2.13. The van der Waals surface area contributed by atoms with Gasteiger partial charge in [0.05, 0.1) is 5.92 Å². The summed E-state index contributed by atoms with van der Waals surface area (Å²) >= 11 is 0. The van der Waals surface area contributed by atoms with Crippen LogP contribution in [0.4, 0.5) is 0 Å². The van der Waals surface area contributed by atoms with E-state index in [1.54, 1.807) is 5.48 Å². The van der Waals surface area contributed by atoms with Crippen molar-refractivity contribution >= 4 is 5.91 Å². The largest absolute Gasteiger partial charge is 0.289 e. The predicted molar refractivity (Wildman–Crippen MR) is 78.7 cm³/mol. The average molecular weight is 269 g/mol. The Morgan fingerprint density at radius 3 is 2.45 bits per heavy atom. The fourth-order valence-electron chi connectivity index (χ4n) is 2.42. The number of carbonyl (C=O) groups excluding carboxylic acids is 1. The van der Waals surface area contributed by atoms with Crippen molar-refractivity contribution in [2.24, 2.45) is 0 Å². The zero-order valence-corrected chi connectivity index (χ0v) is 11.5. The van der Waals surface area contributed by atoms with Crippen molar-refractivity contribution in [3.8, 4) is 0 Å². The number of rotatable bonds is 5. The molecule has 0 spiro atoms. The zero-order valence-electron chi connectivity index (χ0n) is 11.5. The van der Waals surface area contributed by atoms with Crippen molar-refractivity contribution in [1.29, 1.82) is 0 Å². The fourth-order valence-corrected chi connectivity index (χ4v) is 2.42. The number of nitrogens with one attached hydrogen (secondary N) is 1. The van der Waals surface area contributed by atoms with Crippen LogP contribution in [-0.2, 0) is 11.2 Å². The van der Waals surface area contributed by atoms with Gasteiger partial charge in [0.25, 0.3) is 5.91 Å². The summed E-state index contributed by atoms with van der Waals surface area (Å²) in [5, 5.41) is 9.00. The van der Waals surface area contributed by atoms with Gasteiger partial charge in [0.2, 0.25) is 0 Å². The maximum absolute atomic E-state index is 12.0. The monoisotopic (exact) mass is 269 g/mol. The van der Waals surface area contributed by atoms with Gasteiger partial charge in [-0.3, -0.25) is 10.0 Å². The average Bonchev–Trinajstić information content (AvgIpc) is 2.49. The minimum absolute atomic E-state index is 0.412. The number of hydrogen-bond donors (Lipinski definition) is 2. The van der Waals surface area contributed by atoms with Gasteiger partial charge in [-0.25, -0.2) is 5.48 Å². The molecule has 2 aromatic rings. The Morgan fingerprint density at radius 2 is 1.80 bits per heavy atom. The first-order valence-electron chi connectivity index (χ1n) is 6.84. The number of aryl methyl sites for hydroxylation is 1. The predicted octanol–water partition coefficient (Wildman–Crippen LogP) is 3.28. The van der Waals surface area contributed by atoms with Gasteiger partial charge in [-0.05, 0) is 23.1 Å². The van der Waals surface area contributed by atoms with Crippen LogP contribution in [0.3, 0.4) is 0 Å². The quantitative estimate of drug-likeness (QED) is 0.646. The summed E-state index contributed by atoms with van der Waals surface area (Å²) < 4.78 is 0. The molecule has 0 aliphatic heterocycles. The van der Waals surface area contributed by atoms with E-state index in [-0.39, 0.29) is 0 Å². The number of carbonyl (C=O) groups is 1. The fraction of sp³-hybridized carbons (Fsp3) is 0.235. The van der Waals surface area contributed by atoms with Gasteiger partial charge < -0.3 is 0 Å². The molecule has 1 amide bonds. The Morgan fingerprint density at radius 1 is 1.10 bits per heavy atom. The van der Waals surface area contributed by atoms with Crippen molar-refractivity contribution in [1.82, 2.24) is 5.48 Å². The van der Waals surface area contributed by atoms with E-state index in [9.17, 15) is 4.79 Å². The van der Waals surface area contributed by atoms with E-state index >= 15 is 0 Å². The first kappa shape index (κ1) is 14.3. The molecule has 0 saturated carbocycles. The molecule has 3 heteroatoms. The highest BCUT2D eigenvalue weighted by Gasteiger charge is 2.22. The lowest BCUT2D eigenvalue weighted by Gasteiger charge is -2.16. The molecule has 0 aromatic heterocycles. The van der Waals surface area contributed by atoms with Crippen LogP contribution in [0, 0.1) is 0 Å². The molecule has 2 aromatic carbocycles. The lowest BCUT2D eigenvalue weighted by atomic mass is 9.89. The molecule has 0 radical (unpaired) electrons. The van der Waals surface area contributed by atoms with Gasteiger partial charge in [-0.2, -0.15) is 0 Å². The summed E-state index contributed by atoms with van der Waals surface area (Å²) in [5.41, 5.74) is 4.74. The summed E-state index contributed by atoms with van der Waals surface area (Å²) in [6.07, 6.45) is 2.04. The number of benzene rings is 2. The highest BCUT2D eigenvalue weighted by molar-refractivity contribution is 5.86. The molecular formula is C17H19NO2. The Hall–Kier alpha value is -2.13. The maximum Gasteiger partial charge on any atom is 0.255 e. The van der Waals surface area contributed by atoms with E-state index in [1.165, 1.54) is 5.56 Å². The van der Waals surface area contributed by atoms with Gasteiger partial charge >= 0.3 is 0 Å². The van der Waals surface area contributed by atoms with Crippen molar-refractivity contribution in [3.05, 3.63) is 71.3 Å². The smallest absolute Gasteiger partial charge is 0.255 e. The third kappa shape index (κ3) is 3.25. The topological polar surface area (TPSA) is 49.3 Å². The third-order valence-electron chi connectivity index (χ3n) is 3.33. The molecule has 0 heterocycles. The molecule has 1 atom stereocenters. The van der Waals surface area contributed by atoms with Crippen LogP contribution in [0.2, 0.25) is 0 Å². The minimum Gasteiger partial charge on any atom is -0.289 e. The van der Waals surface area contributed by atoms with Crippen LogP contribution in [0.1, 0.15) is 36.0 Å². The molecule has 0 saturated heterocycles. The van der Waals surface area contributed by atoms with Crippen molar-refractivity contribution in [2.45, 2.75) is 25.7 Å². The molecule has 2 N–H and O–H groups in total. The van der Waals surface area contributed by atoms with E-state index in [1.807, 2.05) is 48.5 Å². The van der Waals surface area contributed by atoms with Crippen LogP contribution in [0.5, 0.6) is 0 Å². The minimum atomic E-state index is -0.488. The number of hydroxylamine groups is 1. The summed E-state index contributed by atoms with van der Waals surface area (Å²) in [7, 11) is 0. The Balaban J connectivity index is 2.41. The molecule has 0 aliphatic carbocycles. The lowest BCUT2D eigenvalue weighted by Crippen LogP contribution is -2.27. The SMILES string of the molecule is CCCc1cccc(C(C(=O)NO)c2ccccc2)c1. The van der Waals surface area contributed by atoms with Crippen LogP contribution >= 0.6 is 0 Å². The van der Waals surface area contributed by atoms with Gasteiger partial charge in [-0.1, -0.05) is 67.9 Å². The molecular weight excluding hydrogens is 250 g/mol. The standard InChI is InChI=1S/C17H19NO2/c1-2-7-13-8-6-11-15(12-13)16(17(19)18-20)14-9-4-3-5-10-14/h3-6,8-12,16,20H,2,7H2,1H3,(H,18,19). The molecule has 0 bridgehead atoms. The second-order valence-corrected chi connectivity index (χ2v) is 4.81. The zero-order chi connectivity index (χ0) is 14.4. The molecule has 3 nitrogen and oxygen atoms in total. The van der Waals surface area contributed by atoms with E-state index in [4.69, 9.17) is 5.21 Å². The van der Waals surface area contributed by atoms with E-state index < -0.39 is 11.8 Å². The summed E-state index contributed by atoms with van der Waals surface area (Å²) in [6, 6.07) is 17.5. The van der Waals surface area contributed by atoms with Crippen LogP contribution < -0.4 is 5.48 Å². The molecule has 0 fully saturated rings. The van der Waals surface area contributed by atoms with Crippen molar-refractivity contribution in [3.63, 3.8) is 0 Å². The highest BCUT2D eigenvalue weighted by atomic mass is 16.5. The number of hydrogen-bond acceptors (Lipinski definition) is 2.